The molecule has 3 aliphatic rings. The highest BCUT2D eigenvalue weighted by Gasteiger charge is 2.67. The van der Waals surface area contributed by atoms with Crippen LogP contribution in [-0.2, 0) is 25.6 Å². The number of amides is 1. The number of nitrogens with zero attached hydrogens (tertiary/aromatic N) is 1. The van der Waals surface area contributed by atoms with Crippen molar-refractivity contribution in [2.75, 3.05) is 6.54 Å². The van der Waals surface area contributed by atoms with Crippen LogP contribution in [0.1, 0.15) is 19.6 Å². The first-order chi connectivity index (χ1) is 11.0. The lowest BCUT2D eigenvalue weighted by molar-refractivity contribution is -0.157. The second-order valence-electron chi connectivity index (χ2n) is 6.66. The van der Waals surface area contributed by atoms with Gasteiger partial charge in [-0.1, -0.05) is 12.2 Å². The van der Waals surface area contributed by atoms with E-state index >= 15 is 0 Å². The quantitative estimate of drug-likeness (QED) is 0.622. The maximum atomic E-state index is 12.9. The number of rotatable bonds is 4. The lowest BCUT2D eigenvalue weighted by Gasteiger charge is -2.23. The van der Waals surface area contributed by atoms with Gasteiger partial charge in [0.15, 0.2) is 0 Å². The van der Waals surface area contributed by atoms with Crippen LogP contribution in [-0.4, -0.2) is 41.1 Å². The predicted molar refractivity (Wildman–Crippen MR) is 79.1 cm³/mol. The topological polar surface area (TPSA) is 69.0 Å². The third kappa shape index (κ3) is 2.12. The molecule has 2 bridgehead atoms. The number of carbonyl (C=O) groups is 2. The smallest absolute Gasteiger partial charge is 0.313 e. The van der Waals surface area contributed by atoms with Crippen LogP contribution in [0.3, 0.4) is 0 Å². The molecule has 0 saturated carbocycles. The minimum Gasteiger partial charge on any atom is -0.467 e. The number of hydrogen-bond acceptors (Lipinski definition) is 5. The Balaban J connectivity index is 1.59. The second-order valence-corrected chi connectivity index (χ2v) is 6.66. The van der Waals surface area contributed by atoms with E-state index in [1.165, 1.54) is 0 Å². The molecule has 0 radical (unpaired) electrons. The number of carbonyl (C=O) groups excluding carboxylic acids is 2. The highest BCUT2D eigenvalue weighted by molar-refractivity contribution is 5.91. The van der Waals surface area contributed by atoms with Crippen LogP contribution in [0.4, 0.5) is 0 Å². The molecule has 0 aromatic carbocycles. The van der Waals surface area contributed by atoms with Gasteiger partial charge in [-0.3, -0.25) is 9.59 Å². The van der Waals surface area contributed by atoms with E-state index in [1.54, 1.807) is 31.1 Å². The Morgan fingerprint density at radius 2 is 2.35 bits per heavy atom. The van der Waals surface area contributed by atoms with Crippen LogP contribution < -0.4 is 0 Å². The van der Waals surface area contributed by atoms with Gasteiger partial charge in [0.05, 0.1) is 37.5 Å². The molecule has 3 aliphatic heterocycles. The first-order valence-corrected chi connectivity index (χ1v) is 7.89. The summed E-state index contributed by atoms with van der Waals surface area (Å²) in [6.45, 7) is 4.43. The molecule has 0 unspecified atom stereocenters. The number of ether oxygens (including phenoxy) is 2. The highest BCUT2D eigenvalue weighted by atomic mass is 16.6. The van der Waals surface area contributed by atoms with E-state index in [4.69, 9.17) is 13.9 Å². The molecule has 6 nitrogen and oxygen atoms in total. The fourth-order valence-corrected chi connectivity index (χ4v) is 3.88. The summed E-state index contributed by atoms with van der Waals surface area (Å²) in [7, 11) is 0. The van der Waals surface area contributed by atoms with Crippen LogP contribution in [0.25, 0.3) is 0 Å². The van der Waals surface area contributed by atoms with E-state index in [0.717, 1.165) is 5.76 Å². The largest absolute Gasteiger partial charge is 0.467 e. The minimum atomic E-state index is -0.699. The Hall–Kier alpha value is -2.08. The number of likely N-dealkylation sites (tertiary alicyclic amines) is 1. The number of hydrogen-bond donors (Lipinski definition) is 0. The molecule has 23 heavy (non-hydrogen) atoms. The van der Waals surface area contributed by atoms with Gasteiger partial charge in [0.1, 0.15) is 17.3 Å². The molecule has 4 atom stereocenters. The van der Waals surface area contributed by atoms with Gasteiger partial charge in [-0.05, 0) is 26.0 Å². The van der Waals surface area contributed by atoms with Crippen LogP contribution in [0, 0.1) is 11.8 Å². The van der Waals surface area contributed by atoms with E-state index in [1.807, 2.05) is 18.2 Å². The SMILES string of the molecule is CC(C)OC(=O)[C@@H]1[C@H]2C=C[C@@]3(CN(Cc4ccco4)C(=O)[C@@H]13)O2. The van der Waals surface area contributed by atoms with E-state index in [-0.39, 0.29) is 24.1 Å². The van der Waals surface area contributed by atoms with Crippen LogP contribution in [0.2, 0.25) is 0 Å². The van der Waals surface area contributed by atoms with Gasteiger partial charge < -0.3 is 18.8 Å². The summed E-state index contributed by atoms with van der Waals surface area (Å²) in [4.78, 5) is 27.0. The summed E-state index contributed by atoms with van der Waals surface area (Å²) in [6.07, 6.45) is 4.83. The van der Waals surface area contributed by atoms with Gasteiger partial charge in [0, 0.05) is 0 Å². The monoisotopic (exact) mass is 317 g/mol. The Morgan fingerprint density at radius 1 is 1.52 bits per heavy atom. The van der Waals surface area contributed by atoms with Crippen molar-refractivity contribution in [3.63, 3.8) is 0 Å². The van der Waals surface area contributed by atoms with Crippen molar-refractivity contribution in [1.82, 2.24) is 4.90 Å². The number of esters is 1. The molecule has 4 rings (SSSR count). The normalized spacial score (nSPS) is 34.5. The maximum absolute atomic E-state index is 12.9. The molecule has 0 N–H and O–H groups in total. The first kappa shape index (κ1) is 14.5. The molecule has 2 saturated heterocycles. The number of fused-ring (bicyclic) bond motifs is 1. The molecule has 1 aromatic heterocycles. The summed E-state index contributed by atoms with van der Waals surface area (Å²) in [5.74, 6) is -0.766. The van der Waals surface area contributed by atoms with Gasteiger partial charge in [-0.25, -0.2) is 0 Å². The maximum Gasteiger partial charge on any atom is 0.313 e. The fourth-order valence-electron chi connectivity index (χ4n) is 3.88. The minimum absolute atomic E-state index is 0.0704. The highest BCUT2D eigenvalue weighted by Crippen LogP contribution is 2.52. The van der Waals surface area contributed by atoms with Gasteiger partial charge in [0.25, 0.3) is 0 Å². The Labute approximate surface area is 134 Å². The average molecular weight is 317 g/mol. The van der Waals surface area contributed by atoms with Crippen molar-refractivity contribution in [2.45, 2.75) is 38.2 Å². The molecule has 4 heterocycles. The van der Waals surface area contributed by atoms with Crippen LogP contribution in [0.15, 0.2) is 35.0 Å². The van der Waals surface area contributed by atoms with Crippen molar-refractivity contribution >= 4 is 11.9 Å². The third-order valence-corrected chi connectivity index (χ3v) is 4.73. The standard InChI is InChI=1S/C17H19NO5/c1-10(2)22-16(20)13-12-5-6-17(23-12)9-18(15(19)14(13)17)8-11-4-3-7-21-11/h3-7,10,12-14H,8-9H2,1-2H3/t12-,13-,14-,17+/m1/s1. The van der Waals surface area contributed by atoms with Crippen molar-refractivity contribution < 1.29 is 23.5 Å². The molecule has 2 fully saturated rings. The van der Waals surface area contributed by atoms with Crippen LogP contribution in [0.5, 0.6) is 0 Å². The summed E-state index contributed by atoms with van der Waals surface area (Å²) in [5, 5.41) is 0. The second kappa shape index (κ2) is 4.96. The van der Waals surface area contributed by atoms with E-state index in [2.05, 4.69) is 0 Å². The Kier molecular flexibility index (Phi) is 3.13. The van der Waals surface area contributed by atoms with E-state index < -0.39 is 17.4 Å². The summed E-state index contributed by atoms with van der Waals surface area (Å²) >= 11 is 0. The summed E-state index contributed by atoms with van der Waals surface area (Å²) in [6, 6.07) is 3.62. The molecular formula is C17H19NO5. The lowest BCUT2D eigenvalue weighted by atomic mass is 9.77. The molecule has 122 valence electrons. The van der Waals surface area contributed by atoms with Crippen molar-refractivity contribution in [2.24, 2.45) is 11.8 Å². The Morgan fingerprint density at radius 3 is 3.04 bits per heavy atom. The molecular weight excluding hydrogens is 298 g/mol. The van der Waals surface area contributed by atoms with Gasteiger partial charge in [0.2, 0.25) is 5.91 Å². The average Bonchev–Trinajstić information content (AvgIpc) is 3.21. The zero-order valence-corrected chi connectivity index (χ0v) is 13.1. The first-order valence-electron chi connectivity index (χ1n) is 7.89. The molecule has 1 aromatic rings. The molecule has 0 aliphatic carbocycles. The van der Waals surface area contributed by atoms with Gasteiger partial charge in [-0.2, -0.15) is 0 Å². The lowest BCUT2D eigenvalue weighted by Crippen LogP contribution is -2.40. The number of furan rings is 1. The van der Waals surface area contributed by atoms with Crippen molar-refractivity contribution in [3.8, 4) is 0 Å². The molecule has 1 spiro atoms. The Bertz CT molecular complexity index is 665. The van der Waals surface area contributed by atoms with E-state index in [0.29, 0.717) is 13.1 Å². The summed E-state index contributed by atoms with van der Waals surface area (Å²) in [5.41, 5.74) is -0.699. The van der Waals surface area contributed by atoms with Gasteiger partial charge in [-0.15, -0.1) is 0 Å². The molecule has 6 heteroatoms. The van der Waals surface area contributed by atoms with Crippen molar-refractivity contribution in [1.29, 1.82) is 0 Å². The summed E-state index contributed by atoms with van der Waals surface area (Å²) < 4.78 is 16.7. The van der Waals surface area contributed by atoms with E-state index in [9.17, 15) is 9.59 Å². The van der Waals surface area contributed by atoms with Crippen molar-refractivity contribution in [3.05, 3.63) is 36.3 Å². The van der Waals surface area contributed by atoms with Gasteiger partial charge >= 0.3 is 5.97 Å². The third-order valence-electron chi connectivity index (χ3n) is 4.73. The predicted octanol–water partition coefficient (Wildman–Crippen LogP) is 1.51. The fraction of sp³-hybridized carbons (Fsp3) is 0.529. The zero-order chi connectivity index (χ0) is 16.2. The molecule has 1 amide bonds. The zero-order valence-electron chi connectivity index (χ0n) is 13.1. The van der Waals surface area contributed by atoms with Crippen LogP contribution >= 0.6 is 0 Å².